The summed E-state index contributed by atoms with van der Waals surface area (Å²) in [6.45, 7) is 7.28. The molecule has 3 aromatic rings. The molecule has 0 aromatic heterocycles. The van der Waals surface area contributed by atoms with Crippen molar-refractivity contribution in [1.82, 2.24) is 9.80 Å². The zero-order valence-corrected chi connectivity index (χ0v) is 23.9. The first kappa shape index (κ1) is 27.7. The van der Waals surface area contributed by atoms with Crippen molar-refractivity contribution in [2.24, 2.45) is 0 Å². The Kier molecular flexibility index (Phi) is 8.66. The average Bonchev–Trinajstić information content (AvgIpc) is 3.34. The van der Waals surface area contributed by atoms with Crippen LogP contribution in [0, 0.1) is 0 Å². The topological polar surface area (TPSA) is 64.7 Å². The van der Waals surface area contributed by atoms with Gasteiger partial charge in [0.05, 0.1) is 11.3 Å². The summed E-state index contributed by atoms with van der Waals surface area (Å²) in [7, 11) is 1.91. The van der Waals surface area contributed by atoms with Crippen molar-refractivity contribution >= 4 is 34.5 Å². The lowest BCUT2D eigenvalue weighted by atomic mass is 9.93. The van der Waals surface area contributed by atoms with E-state index in [1.54, 1.807) is 0 Å². The van der Waals surface area contributed by atoms with Crippen molar-refractivity contribution in [3.05, 3.63) is 95.1 Å². The molecule has 3 aromatic carbocycles. The van der Waals surface area contributed by atoms with Gasteiger partial charge in [-0.25, -0.2) is 0 Å². The molecule has 1 aliphatic carbocycles. The number of hydrogen-bond donors (Lipinski definition) is 2. The zero-order chi connectivity index (χ0) is 28.1. The Bertz CT molecular complexity index is 1370. The lowest BCUT2D eigenvalue weighted by molar-refractivity contribution is -0.110. The van der Waals surface area contributed by atoms with Crippen LogP contribution < -0.4 is 10.6 Å². The Balaban J connectivity index is 1.50. The van der Waals surface area contributed by atoms with Gasteiger partial charge in [0.25, 0.3) is 11.8 Å². The summed E-state index contributed by atoms with van der Waals surface area (Å²) in [5, 5.41) is 6.57. The SMILES string of the molecule is CCN(CC)Cc1ccc(N/C(=C2\C(=O)Nc3ccc(C(=O)N(C)C4CCCCC4)cc32)c2ccccc2)cc1. The Morgan fingerprint density at radius 2 is 1.60 bits per heavy atom. The highest BCUT2D eigenvalue weighted by atomic mass is 16.2. The summed E-state index contributed by atoms with van der Waals surface area (Å²) in [6.07, 6.45) is 5.68. The van der Waals surface area contributed by atoms with Crippen LogP contribution in [0.5, 0.6) is 0 Å². The Morgan fingerprint density at radius 1 is 0.900 bits per heavy atom. The van der Waals surface area contributed by atoms with Crippen LogP contribution in [0.1, 0.15) is 73.0 Å². The maximum atomic E-state index is 13.5. The minimum Gasteiger partial charge on any atom is -0.354 e. The number of benzene rings is 3. The largest absolute Gasteiger partial charge is 0.354 e. The first-order valence-electron chi connectivity index (χ1n) is 14.6. The van der Waals surface area contributed by atoms with Crippen molar-refractivity contribution in [1.29, 1.82) is 0 Å². The van der Waals surface area contributed by atoms with E-state index in [4.69, 9.17) is 0 Å². The van der Waals surface area contributed by atoms with Crippen LogP contribution in [0.15, 0.2) is 72.8 Å². The van der Waals surface area contributed by atoms with Gasteiger partial charge in [-0.1, -0.05) is 75.6 Å². The molecule has 6 heteroatoms. The van der Waals surface area contributed by atoms with E-state index in [1.807, 2.05) is 60.5 Å². The molecule has 208 valence electrons. The van der Waals surface area contributed by atoms with Gasteiger partial charge in [-0.2, -0.15) is 0 Å². The van der Waals surface area contributed by atoms with E-state index in [-0.39, 0.29) is 17.9 Å². The Labute approximate surface area is 238 Å². The Morgan fingerprint density at radius 3 is 2.27 bits per heavy atom. The first-order valence-corrected chi connectivity index (χ1v) is 14.6. The molecular weight excluding hydrogens is 496 g/mol. The van der Waals surface area contributed by atoms with Crippen LogP contribution in [-0.4, -0.2) is 47.8 Å². The van der Waals surface area contributed by atoms with Crippen LogP contribution in [0.4, 0.5) is 11.4 Å². The van der Waals surface area contributed by atoms with Crippen LogP contribution in [-0.2, 0) is 11.3 Å². The summed E-state index contributed by atoms with van der Waals surface area (Å²) >= 11 is 0. The van der Waals surface area contributed by atoms with E-state index in [0.29, 0.717) is 11.1 Å². The van der Waals surface area contributed by atoms with Crippen molar-refractivity contribution in [2.45, 2.75) is 58.5 Å². The van der Waals surface area contributed by atoms with Gasteiger partial charge in [-0.05, 0) is 67.4 Å². The lowest BCUT2D eigenvalue weighted by Gasteiger charge is -2.31. The van der Waals surface area contributed by atoms with Crippen molar-refractivity contribution in [3.8, 4) is 0 Å². The summed E-state index contributed by atoms with van der Waals surface area (Å²) in [6, 6.07) is 24.1. The standard InChI is InChI=1S/C34H40N4O2/c1-4-38(5-2)23-24-16-19-27(20-17-24)35-32(25-12-8-6-9-13-25)31-29-22-26(18-21-30(29)36-33(31)39)34(40)37(3)28-14-10-7-11-15-28/h6,8-9,12-13,16-22,28,35H,4-5,7,10-11,14-15,23H2,1-3H3,(H,36,39)/b32-31-. The van der Waals surface area contributed by atoms with E-state index in [2.05, 4.69) is 53.6 Å². The molecule has 0 atom stereocenters. The molecule has 0 saturated heterocycles. The predicted octanol–water partition coefficient (Wildman–Crippen LogP) is 6.87. The number of rotatable bonds is 9. The molecule has 2 N–H and O–H groups in total. The quantitative estimate of drug-likeness (QED) is 0.293. The monoisotopic (exact) mass is 536 g/mol. The van der Waals surface area contributed by atoms with Gasteiger partial charge in [0.15, 0.2) is 0 Å². The summed E-state index contributed by atoms with van der Waals surface area (Å²) in [4.78, 5) is 31.2. The summed E-state index contributed by atoms with van der Waals surface area (Å²) < 4.78 is 0. The van der Waals surface area contributed by atoms with Crippen LogP contribution in [0.2, 0.25) is 0 Å². The normalized spacial score (nSPS) is 16.4. The average molecular weight is 537 g/mol. The van der Waals surface area contributed by atoms with Gasteiger partial charge in [-0.3, -0.25) is 14.5 Å². The van der Waals surface area contributed by atoms with E-state index in [1.165, 1.54) is 24.8 Å². The molecule has 5 rings (SSSR count). The fourth-order valence-electron chi connectivity index (χ4n) is 5.81. The maximum Gasteiger partial charge on any atom is 0.258 e. The number of amides is 2. The second-order valence-corrected chi connectivity index (χ2v) is 10.8. The van der Waals surface area contributed by atoms with Gasteiger partial charge in [0.2, 0.25) is 0 Å². The third kappa shape index (κ3) is 5.97. The summed E-state index contributed by atoms with van der Waals surface area (Å²) in [5.74, 6) is -0.170. The number of nitrogens with one attached hydrogen (secondary N) is 2. The highest BCUT2D eigenvalue weighted by Crippen LogP contribution is 2.38. The molecule has 0 spiro atoms. The van der Waals surface area contributed by atoms with E-state index in [9.17, 15) is 9.59 Å². The van der Waals surface area contributed by atoms with Gasteiger partial charge < -0.3 is 15.5 Å². The molecule has 0 bridgehead atoms. The number of nitrogens with zero attached hydrogens (tertiary/aromatic N) is 2. The number of carbonyl (C=O) groups excluding carboxylic acids is 2. The molecule has 1 saturated carbocycles. The van der Waals surface area contributed by atoms with Gasteiger partial charge in [0, 0.05) is 42.1 Å². The fraction of sp³-hybridized carbons (Fsp3) is 0.353. The van der Waals surface area contributed by atoms with Crippen LogP contribution in [0.3, 0.4) is 0 Å². The van der Waals surface area contributed by atoms with Gasteiger partial charge in [0.1, 0.15) is 0 Å². The third-order valence-corrected chi connectivity index (χ3v) is 8.29. The van der Waals surface area contributed by atoms with Gasteiger partial charge in [-0.15, -0.1) is 0 Å². The molecule has 2 amide bonds. The Hall–Kier alpha value is -3.90. The minimum atomic E-state index is -0.176. The molecule has 1 heterocycles. The molecule has 0 unspecified atom stereocenters. The maximum absolute atomic E-state index is 13.5. The molecule has 1 aliphatic heterocycles. The van der Waals surface area contributed by atoms with Crippen LogP contribution >= 0.6 is 0 Å². The van der Waals surface area contributed by atoms with Crippen molar-refractivity contribution < 1.29 is 9.59 Å². The first-order chi connectivity index (χ1) is 19.5. The molecule has 1 fully saturated rings. The molecule has 40 heavy (non-hydrogen) atoms. The number of anilines is 2. The van der Waals surface area contributed by atoms with Crippen molar-refractivity contribution in [3.63, 3.8) is 0 Å². The highest BCUT2D eigenvalue weighted by molar-refractivity contribution is 6.37. The zero-order valence-electron chi connectivity index (χ0n) is 23.9. The molecule has 6 nitrogen and oxygen atoms in total. The lowest BCUT2D eigenvalue weighted by Crippen LogP contribution is -2.38. The van der Waals surface area contributed by atoms with E-state index < -0.39 is 0 Å². The number of hydrogen-bond acceptors (Lipinski definition) is 4. The molecule has 2 aliphatic rings. The van der Waals surface area contributed by atoms with E-state index in [0.717, 1.165) is 60.7 Å². The molecule has 0 radical (unpaired) electrons. The second-order valence-electron chi connectivity index (χ2n) is 10.8. The predicted molar refractivity (Wildman–Crippen MR) is 164 cm³/mol. The smallest absolute Gasteiger partial charge is 0.258 e. The molecular formula is C34H40N4O2. The number of carbonyl (C=O) groups is 2. The minimum absolute atomic E-state index is 0.00594. The fourth-order valence-corrected chi connectivity index (χ4v) is 5.81. The third-order valence-electron chi connectivity index (χ3n) is 8.29. The summed E-state index contributed by atoms with van der Waals surface area (Å²) in [5.41, 5.74) is 6.40. The number of fused-ring (bicyclic) bond motifs is 1. The second kappa shape index (κ2) is 12.5. The highest BCUT2D eigenvalue weighted by Gasteiger charge is 2.31. The van der Waals surface area contributed by atoms with Crippen molar-refractivity contribution in [2.75, 3.05) is 30.8 Å². The van der Waals surface area contributed by atoms with E-state index >= 15 is 0 Å². The van der Waals surface area contributed by atoms with Gasteiger partial charge >= 0.3 is 0 Å². The van der Waals surface area contributed by atoms with Crippen LogP contribution in [0.25, 0.3) is 11.3 Å².